The molecule has 2 amide bonds. The van der Waals surface area contributed by atoms with E-state index in [-0.39, 0.29) is 18.2 Å². The summed E-state index contributed by atoms with van der Waals surface area (Å²) in [5.74, 6) is -2.08. The number of carbonyl (C=O) groups is 3. The van der Waals surface area contributed by atoms with Gasteiger partial charge in [-0.15, -0.1) is 0 Å². The van der Waals surface area contributed by atoms with Crippen LogP contribution in [-0.4, -0.2) is 47.9 Å². The van der Waals surface area contributed by atoms with E-state index in [9.17, 15) is 19.5 Å². The second-order valence-corrected chi connectivity index (χ2v) is 11.2. The summed E-state index contributed by atoms with van der Waals surface area (Å²) < 4.78 is 0. The van der Waals surface area contributed by atoms with E-state index in [2.05, 4.69) is 12.2 Å². The molecule has 0 aromatic carbocycles. The van der Waals surface area contributed by atoms with E-state index in [4.69, 9.17) is 0 Å². The molecule has 0 fully saturated rings. The van der Waals surface area contributed by atoms with Crippen molar-refractivity contribution in [1.82, 2.24) is 10.2 Å². The number of carbonyl (C=O) groups excluding carboxylic acids is 2. The van der Waals surface area contributed by atoms with Crippen molar-refractivity contribution < 1.29 is 19.5 Å². The average molecular weight is 483 g/mol. The lowest BCUT2D eigenvalue weighted by molar-refractivity contribution is -0.143. The zero-order valence-corrected chi connectivity index (χ0v) is 23.1. The first-order valence-electron chi connectivity index (χ1n) is 13.7. The van der Waals surface area contributed by atoms with Crippen LogP contribution in [0.1, 0.15) is 130 Å². The minimum absolute atomic E-state index is 0.175. The number of likely N-dealkylation sites (N-methyl/N-ethyl adjacent to an activating group) is 1. The summed E-state index contributed by atoms with van der Waals surface area (Å²) in [5, 5.41) is 12.1. The number of hydrogen-bond donors (Lipinski definition) is 2. The van der Waals surface area contributed by atoms with Crippen molar-refractivity contribution >= 4 is 17.8 Å². The van der Waals surface area contributed by atoms with Gasteiger partial charge in [-0.05, 0) is 11.8 Å². The predicted octanol–water partition coefficient (Wildman–Crippen LogP) is 6.57. The molecular weight excluding hydrogens is 428 g/mol. The molecule has 200 valence electrons. The van der Waals surface area contributed by atoms with Gasteiger partial charge in [-0.25, -0.2) is 0 Å². The summed E-state index contributed by atoms with van der Waals surface area (Å²) >= 11 is 0. The van der Waals surface area contributed by atoms with E-state index in [1.807, 2.05) is 20.8 Å². The second-order valence-electron chi connectivity index (χ2n) is 11.2. The average Bonchev–Trinajstić information content (AvgIpc) is 2.75. The molecule has 0 aliphatic carbocycles. The highest BCUT2D eigenvalue weighted by molar-refractivity contribution is 5.90. The molecule has 0 bridgehead atoms. The first-order chi connectivity index (χ1) is 16.0. The largest absolute Gasteiger partial charge is 0.481 e. The van der Waals surface area contributed by atoms with Crippen LogP contribution in [0.4, 0.5) is 0 Å². The summed E-state index contributed by atoms with van der Waals surface area (Å²) in [7, 11) is 3.33. The zero-order chi connectivity index (χ0) is 26.0. The molecule has 0 rings (SSSR count). The van der Waals surface area contributed by atoms with E-state index in [1.54, 1.807) is 14.1 Å². The zero-order valence-electron chi connectivity index (χ0n) is 23.1. The fraction of sp³-hybridized carbons (Fsp3) is 0.893. The van der Waals surface area contributed by atoms with Crippen LogP contribution in [0.5, 0.6) is 0 Å². The molecule has 34 heavy (non-hydrogen) atoms. The van der Waals surface area contributed by atoms with Gasteiger partial charge >= 0.3 is 5.97 Å². The molecule has 0 aromatic rings. The Kier molecular flexibility index (Phi) is 17.8. The normalized spacial score (nSPS) is 13.4. The quantitative estimate of drug-likeness (QED) is 0.192. The number of carboxylic acid groups (broad SMARTS) is 1. The minimum Gasteiger partial charge on any atom is -0.481 e. The number of aliphatic carboxylic acids is 1. The van der Waals surface area contributed by atoms with Crippen LogP contribution in [-0.2, 0) is 14.4 Å². The molecule has 0 saturated heterocycles. The van der Waals surface area contributed by atoms with Gasteiger partial charge in [0, 0.05) is 20.0 Å². The van der Waals surface area contributed by atoms with Crippen molar-refractivity contribution in [2.45, 2.75) is 136 Å². The molecule has 1 unspecified atom stereocenters. The minimum atomic E-state index is -0.975. The van der Waals surface area contributed by atoms with Gasteiger partial charge in [-0.3, -0.25) is 14.4 Å². The Bertz CT molecular complexity index is 569. The van der Waals surface area contributed by atoms with Crippen LogP contribution in [0.25, 0.3) is 0 Å². The molecule has 0 radical (unpaired) electrons. The van der Waals surface area contributed by atoms with E-state index in [0.717, 1.165) is 19.3 Å². The van der Waals surface area contributed by atoms with Gasteiger partial charge in [0.05, 0.1) is 6.42 Å². The maximum absolute atomic E-state index is 12.9. The molecule has 2 atom stereocenters. The number of unbranched alkanes of at least 4 members (excludes halogenated alkanes) is 13. The van der Waals surface area contributed by atoms with Gasteiger partial charge in [0.2, 0.25) is 11.8 Å². The van der Waals surface area contributed by atoms with Crippen LogP contribution < -0.4 is 5.32 Å². The van der Waals surface area contributed by atoms with E-state index >= 15 is 0 Å². The smallest absolute Gasteiger partial charge is 0.304 e. The Morgan fingerprint density at radius 2 is 1.18 bits per heavy atom. The first-order valence-corrected chi connectivity index (χ1v) is 13.7. The van der Waals surface area contributed by atoms with Crippen molar-refractivity contribution in [3.63, 3.8) is 0 Å². The van der Waals surface area contributed by atoms with Gasteiger partial charge in [-0.1, -0.05) is 118 Å². The third-order valence-corrected chi connectivity index (χ3v) is 6.54. The predicted molar refractivity (Wildman–Crippen MR) is 141 cm³/mol. The van der Waals surface area contributed by atoms with Crippen molar-refractivity contribution in [2.24, 2.45) is 11.3 Å². The lowest BCUT2D eigenvalue weighted by Gasteiger charge is -2.33. The van der Waals surface area contributed by atoms with Crippen LogP contribution in [0, 0.1) is 11.3 Å². The van der Waals surface area contributed by atoms with E-state index in [1.165, 1.54) is 75.5 Å². The highest BCUT2D eigenvalue weighted by Gasteiger charge is 2.35. The Hall–Kier alpha value is -1.59. The van der Waals surface area contributed by atoms with Crippen molar-refractivity contribution in [3.8, 4) is 0 Å². The van der Waals surface area contributed by atoms with Crippen molar-refractivity contribution in [3.05, 3.63) is 0 Å². The summed E-state index contributed by atoms with van der Waals surface area (Å²) in [5.41, 5.74) is -0.458. The first kappa shape index (κ1) is 32.4. The number of rotatable bonds is 20. The van der Waals surface area contributed by atoms with E-state index in [0.29, 0.717) is 6.42 Å². The lowest BCUT2D eigenvalue weighted by Crippen LogP contribution is -2.54. The fourth-order valence-corrected chi connectivity index (χ4v) is 4.29. The van der Waals surface area contributed by atoms with Crippen LogP contribution in [0.2, 0.25) is 0 Å². The molecule has 6 nitrogen and oxygen atoms in total. The number of nitrogens with zero attached hydrogens (tertiary/aromatic N) is 1. The summed E-state index contributed by atoms with van der Waals surface area (Å²) in [4.78, 5) is 38.2. The van der Waals surface area contributed by atoms with Crippen LogP contribution in [0.3, 0.4) is 0 Å². The van der Waals surface area contributed by atoms with Gasteiger partial charge < -0.3 is 15.3 Å². The molecule has 0 heterocycles. The molecule has 6 heteroatoms. The molecular formula is C28H54N2O4. The van der Waals surface area contributed by atoms with Gasteiger partial charge in [0.15, 0.2) is 0 Å². The molecule has 2 N–H and O–H groups in total. The monoisotopic (exact) mass is 482 g/mol. The molecule has 0 aromatic heterocycles. The Balaban J connectivity index is 4.24. The number of nitrogens with one attached hydrogen (secondary N) is 1. The molecule has 0 spiro atoms. The Morgan fingerprint density at radius 1 is 0.765 bits per heavy atom. The summed E-state index contributed by atoms with van der Waals surface area (Å²) in [6.07, 6.45) is 18.0. The van der Waals surface area contributed by atoms with E-state index < -0.39 is 23.3 Å². The van der Waals surface area contributed by atoms with Crippen LogP contribution in [0.15, 0.2) is 0 Å². The van der Waals surface area contributed by atoms with Crippen molar-refractivity contribution in [1.29, 1.82) is 0 Å². The van der Waals surface area contributed by atoms with Gasteiger partial charge in [0.25, 0.3) is 0 Å². The maximum atomic E-state index is 12.9. The summed E-state index contributed by atoms with van der Waals surface area (Å²) in [6, 6.07) is -0.678. The number of hydrogen-bond acceptors (Lipinski definition) is 3. The standard InChI is InChI=1S/C28H54N2O4/c1-7-8-9-10-11-12-13-14-15-16-17-18-19-20-21-23(22-24(31)32)26(33)29-25(28(2,3)4)27(34)30(5)6/h23,25H,7-22H2,1-6H3,(H,29,33)(H,31,32)/t23?,25-/m1/s1. The SMILES string of the molecule is CCCCCCCCCCCCCCCCC(CC(=O)O)C(=O)N[C@H](C(=O)N(C)C)C(C)(C)C. The molecule has 0 saturated carbocycles. The van der Waals surface area contributed by atoms with Gasteiger partial charge in [-0.2, -0.15) is 0 Å². The lowest BCUT2D eigenvalue weighted by atomic mass is 9.85. The van der Waals surface area contributed by atoms with Gasteiger partial charge in [0.1, 0.15) is 6.04 Å². The Labute approximate surface area is 209 Å². The maximum Gasteiger partial charge on any atom is 0.304 e. The van der Waals surface area contributed by atoms with Crippen LogP contribution >= 0.6 is 0 Å². The topological polar surface area (TPSA) is 86.7 Å². The van der Waals surface area contributed by atoms with Crippen molar-refractivity contribution in [2.75, 3.05) is 14.1 Å². The molecule has 0 aliphatic rings. The third kappa shape index (κ3) is 16.1. The second kappa shape index (κ2) is 18.7. The Morgan fingerprint density at radius 3 is 1.53 bits per heavy atom. The number of amides is 2. The molecule has 0 aliphatic heterocycles. The third-order valence-electron chi connectivity index (χ3n) is 6.54. The summed E-state index contributed by atoms with van der Waals surface area (Å²) in [6.45, 7) is 7.96. The number of carboxylic acids is 1. The fourth-order valence-electron chi connectivity index (χ4n) is 4.29. The highest BCUT2D eigenvalue weighted by Crippen LogP contribution is 2.23. The highest BCUT2D eigenvalue weighted by atomic mass is 16.4.